The molecule has 1 aliphatic carbocycles. The van der Waals surface area contributed by atoms with Crippen molar-refractivity contribution in [3.8, 4) is 5.75 Å². The number of hydrogen-bond acceptors (Lipinski definition) is 5. The molecule has 8 nitrogen and oxygen atoms in total. The number of carbonyl (C=O) groups excluding carboxylic acids is 2. The van der Waals surface area contributed by atoms with Crippen LogP contribution in [0.4, 0.5) is 5.69 Å². The van der Waals surface area contributed by atoms with Crippen molar-refractivity contribution in [3.05, 3.63) is 87.4 Å². The van der Waals surface area contributed by atoms with E-state index in [0.29, 0.717) is 21.4 Å². The van der Waals surface area contributed by atoms with Crippen molar-refractivity contribution in [1.29, 1.82) is 0 Å². The maximum Gasteiger partial charge on any atom is 0.264 e. The molecule has 12 heteroatoms. The Kier molecular flexibility index (Phi) is 11.2. The fourth-order valence-corrected chi connectivity index (χ4v) is 7.19. The van der Waals surface area contributed by atoms with Crippen LogP contribution in [0.2, 0.25) is 15.1 Å². The van der Waals surface area contributed by atoms with Gasteiger partial charge in [-0.3, -0.25) is 13.9 Å². The smallest absolute Gasteiger partial charge is 0.264 e. The molecule has 1 aliphatic rings. The second kappa shape index (κ2) is 14.7. The van der Waals surface area contributed by atoms with Gasteiger partial charge in [0.2, 0.25) is 11.8 Å². The van der Waals surface area contributed by atoms with Crippen molar-refractivity contribution in [2.45, 2.75) is 62.6 Å². The van der Waals surface area contributed by atoms with Crippen LogP contribution in [-0.4, -0.2) is 50.9 Å². The van der Waals surface area contributed by atoms with E-state index >= 15 is 0 Å². The van der Waals surface area contributed by atoms with Crippen molar-refractivity contribution < 1.29 is 22.7 Å². The molecule has 43 heavy (non-hydrogen) atoms. The highest BCUT2D eigenvalue weighted by molar-refractivity contribution is 7.92. The first-order chi connectivity index (χ1) is 20.5. The standard InChI is InChI=1S/C31H34Cl3N3O5S/c1-21(31(39)35-24-9-5-3-6-10-24)36(19-22-13-14-23(32)17-27(22)33)30(38)20-37(25-15-16-29(42-2)28(34)18-25)43(40,41)26-11-7-4-8-12-26/h4,7-8,11-18,21,24H,3,5-6,9-10,19-20H2,1-2H3,(H,35,39). The summed E-state index contributed by atoms with van der Waals surface area (Å²) in [7, 11) is -2.79. The highest BCUT2D eigenvalue weighted by atomic mass is 35.5. The van der Waals surface area contributed by atoms with Gasteiger partial charge in [-0.15, -0.1) is 0 Å². The van der Waals surface area contributed by atoms with Crippen LogP contribution in [0.5, 0.6) is 5.75 Å². The van der Waals surface area contributed by atoms with Crippen molar-refractivity contribution >= 4 is 62.3 Å². The number of anilines is 1. The number of halogens is 3. The molecule has 2 amide bonds. The van der Waals surface area contributed by atoms with Gasteiger partial charge in [0.25, 0.3) is 10.0 Å². The third kappa shape index (κ3) is 8.15. The molecule has 3 aromatic rings. The number of ether oxygens (including phenoxy) is 1. The number of amides is 2. The van der Waals surface area contributed by atoms with Crippen LogP contribution in [0.3, 0.4) is 0 Å². The Morgan fingerprint density at radius 1 is 0.953 bits per heavy atom. The molecule has 1 N–H and O–H groups in total. The quantitative estimate of drug-likeness (QED) is 0.245. The summed E-state index contributed by atoms with van der Waals surface area (Å²) in [6, 6.07) is 16.2. The van der Waals surface area contributed by atoms with Crippen LogP contribution >= 0.6 is 34.8 Å². The van der Waals surface area contributed by atoms with Gasteiger partial charge in [0.05, 0.1) is 22.7 Å². The average Bonchev–Trinajstić information content (AvgIpc) is 3.00. The second-order valence-corrected chi connectivity index (χ2v) is 13.5. The average molecular weight is 667 g/mol. The van der Waals surface area contributed by atoms with Gasteiger partial charge in [-0.2, -0.15) is 0 Å². The third-order valence-electron chi connectivity index (χ3n) is 7.51. The number of methoxy groups -OCH3 is 1. The van der Waals surface area contributed by atoms with Crippen molar-refractivity contribution in [2.24, 2.45) is 0 Å². The molecule has 0 aromatic heterocycles. The molecule has 0 aliphatic heterocycles. The summed E-state index contributed by atoms with van der Waals surface area (Å²) < 4.78 is 34.1. The lowest BCUT2D eigenvalue weighted by Crippen LogP contribution is -2.53. The molecule has 1 saturated carbocycles. The lowest BCUT2D eigenvalue weighted by atomic mass is 9.95. The van der Waals surface area contributed by atoms with Crippen LogP contribution in [0.25, 0.3) is 0 Å². The Morgan fingerprint density at radius 3 is 2.28 bits per heavy atom. The minimum absolute atomic E-state index is 0.00914. The van der Waals surface area contributed by atoms with Crippen LogP contribution in [0, 0.1) is 0 Å². The Balaban J connectivity index is 1.71. The highest BCUT2D eigenvalue weighted by Gasteiger charge is 2.33. The van der Waals surface area contributed by atoms with Gasteiger partial charge < -0.3 is 15.0 Å². The summed E-state index contributed by atoms with van der Waals surface area (Å²) in [6.07, 6.45) is 4.92. The lowest BCUT2D eigenvalue weighted by molar-refractivity contribution is -0.139. The van der Waals surface area contributed by atoms with E-state index in [-0.39, 0.29) is 34.1 Å². The lowest BCUT2D eigenvalue weighted by Gasteiger charge is -2.33. The molecule has 1 atom stereocenters. The zero-order valence-electron chi connectivity index (χ0n) is 23.9. The minimum Gasteiger partial charge on any atom is -0.495 e. The molecule has 1 unspecified atom stereocenters. The first-order valence-corrected chi connectivity index (χ1v) is 16.5. The van der Waals surface area contributed by atoms with Crippen molar-refractivity contribution in [3.63, 3.8) is 0 Å². The van der Waals surface area contributed by atoms with E-state index in [1.807, 2.05) is 0 Å². The fourth-order valence-electron chi connectivity index (χ4n) is 5.04. The predicted octanol–water partition coefficient (Wildman–Crippen LogP) is 6.72. The highest BCUT2D eigenvalue weighted by Crippen LogP contribution is 2.32. The van der Waals surface area contributed by atoms with E-state index in [2.05, 4.69) is 5.32 Å². The monoisotopic (exact) mass is 665 g/mol. The molecular formula is C31H34Cl3N3O5S. The van der Waals surface area contributed by atoms with Crippen LogP contribution < -0.4 is 14.4 Å². The number of nitrogens with one attached hydrogen (secondary N) is 1. The molecule has 0 bridgehead atoms. The molecule has 4 rings (SSSR count). The minimum atomic E-state index is -4.23. The van der Waals surface area contributed by atoms with E-state index in [4.69, 9.17) is 39.5 Å². The van der Waals surface area contributed by atoms with Gasteiger partial charge in [0.1, 0.15) is 18.3 Å². The molecular weight excluding hydrogens is 633 g/mol. The number of hydrogen-bond donors (Lipinski definition) is 1. The zero-order valence-corrected chi connectivity index (χ0v) is 27.0. The topological polar surface area (TPSA) is 96.0 Å². The Bertz CT molecular complexity index is 1550. The van der Waals surface area contributed by atoms with Gasteiger partial charge in [0.15, 0.2) is 0 Å². The van der Waals surface area contributed by atoms with E-state index in [1.54, 1.807) is 43.3 Å². The Labute approximate surface area is 267 Å². The van der Waals surface area contributed by atoms with Crippen LogP contribution in [0.15, 0.2) is 71.6 Å². The summed E-state index contributed by atoms with van der Waals surface area (Å²) in [5, 5.41) is 3.99. The Hall–Kier alpha value is -2.98. The molecule has 0 saturated heterocycles. The van der Waals surface area contributed by atoms with Gasteiger partial charge in [-0.25, -0.2) is 8.42 Å². The fraction of sp³-hybridized carbons (Fsp3) is 0.355. The van der Waals surface area contributed by atoms with Crippen molar-refractivity contribution in [1.82, 2.24) is 10.2 Å². The Morgan fingerprint density at radius 2 is 1.65 bits per heavy atom. The number of sulfonamides is 1. The predicted molar refractivity (Wildman–Crippen MR) is 170 cm³/mol. The normalized spacial score (nSPS) is 14.5. The van der Waals surface area contributed by atoms with E-state index in [9.17, 15) is 18.0 Å². The van der Waals surface area contributed by atoms with E-state index in [0.717, 1.165) is 36.4 Å². The van der Waals surface area contributed by atoms with Gasteiger partial charge in [-0.1, -0.05) is 78.3 Å². The summed E-state index contributed by atoms with van der Waals surface area (Å²) in [6.45, 7) is 0.975. The zero-order chi connectivity index (χ0) is 31.1. The SMILES string of the molecule is COc1ccc(N(CC(=O)N(Cc2ccc(Cl)cc2Cl)C(C)C(=O)NC2CCCCC2)S(=O)(=O)c2ccccc2)cc1Cl. The molecule has 0 spiro atoms. The number of carbonyl (C=O) groups is 2. The molecule has 3 aromatic carbocycles. The van der Waals surface area contributed by atoms with Crippen molar-refractivity contribution in [2.75, 3.05) is 18.0 Å². The molecule has 0 radical (unpaired) electrons. The summed E-state index contributed by atoms with van der Waals surface area (Å²) in [4.78, 5) is 28.9. The summed E-state index contributed by atoms with van der Waals surface area (Å²) in [5.41, 5.74) is 0.716. The number of rotatable bonds is 11. The largest absolute Gasteiger partial charge is 0.495 e. The van der Waals surface area contributed by atoms with E-state index < -0.39 is 28.5 Å². The maximum atomic E-state index is 14.1. The maximum absolute atomic E-state index is 14.1. The van der Waals surface area contributed by atoms with Gasteiger partial charge in [-0.05, 0) is 67.8 Å². The first-order valence-electron chi connectivity index (χ1n) is 14.0. The van der Waals surface area contributed by atoms with Gasteiger partial charge >= 0.3 is 0 Å². The summed E-state index contributed by atoms with van der Waals surface area (Å²) in [5.74, 6) is -0.583. The van der Waals surface area contributed by atoms with Crippen LogP contribution in [-0.2, 0) is 26.2 Å². The number of nitrogens with zero attached hydrogens (tertiary/aromatic N) is 2. The van der Waals surface area contributed by atoms with Gasteiger partial charge in [0, 0.05) is 22.6 Å². The molecule has 0 heterocycles. The third-order valence-corrected chi connectivity index (χ3v) is 10.2. The molecule has 230 valence electrons. The van der Waals surface area contributed by atoms with E-state index in [1.165, 1.54) is 42.3 Å². The second-order valence-electron chi connectivity index (χ2n) is 10.4. The summed E-state index contributed by atoms with van der Waals surface area (Å²) >= 11 is 18.9. The first kappa shape index (κ1) is 32.9. The molecule has 1 fully saturated rings. The number of benzene rings is 3. The van der Waals surface area contributed by atoms with Crippen LogP contribution in [0.1, 0.15) is 44.6 Å².